The average molecular weight is 482 g/mol. The van der Waals surface area contributed by atoms with Crippen LogP contribution in [-0.2, 0) is 19.4 Å². The first-order chi connectivity index (χ1) is 14.5. The van der Waals surface area contributed by atoms with Crippen LogP contribution in [0.4, 0.5) is 0 Å². The highest BCUT2D eigenvalue weighted by Crippen LogP contribution is 2.53. The van der Waals surface area contributed by atoms with Gasteiger partial charge in [0.15, 0.2) is 9.84 Å². The molecular weight excluding hydrogens is 462 g/mol. The molecule has 3 aromatic carbocycles. The number of oxime groups is 1. The van der Waals surface area contributed by atoms with Crippen molar-refractivity contribution in [1.29, 1.82) is 0 Å². The van der Waals surface area contributed by atoms with E-state index in [1.165, 1.54) is 0 Å². The lowest BCUT2D eigenvalue weighted by molar-refractivity contribution is 0.0723. The van der Waals surface area contributed by atoms with Crippen molar-refractivity contribution in [3.63, 3.8) is 0 Å². The molecule has 3 atom stereocenters. The summed E-state index contributed by atoms with van der Waals surface area (Å²) < 4.78 is 27.9. The molecule has 5 rings (SSSR count). The topological polar surface area (TPSA) is 55.7 Å². The van der Waals surface area contributed by atoms with Crippen molar-refractivity contribution < 1.29 is 13.3 Å². The summed E-state index contributed by atoms with van der Waals surface area (Å²) in [6, 6.07) is 26.2. The first-order valence-electron chi connectivity index (χ1n) is 9.86. The third kappa shape index (κ3) is 3.01. The van der Waals surface area contributed by atoms with Gasteiger partial charge in [-0.05, 0) is 36.2 Å². The van der Waals surface area contributed by atoms with Gasteiger partial charge in [-0.25, -0.2) is 8.42 Å². The maximum Gasteiger partial charge on any atom is 0.188 e. The molecule has 0 aromatic heterocycles. The van der Waals surface area contributed by atoms with E-state index in [0.717, 1.165) is 21.3 Å². The van der Waals surface area contributed by atoms with E-state index >= 15 is 0 Å². The first-order valence-corrected chi connectivity index (χ1v) is 12.1. The first kappa shape index (κ1) is 19.5. The lowest BCUT2D eigenvalue weighted by Gasteiger charge is -2.30. The number of nitrogens with zero attached hydrogens (tertiary/aromatic N) is 1. The normalized spacial score (nSPS) is 25.4. The summed E-state index contributed by atoms with van der Waals surface area (Å²) in [5, 5.41) is 4.35. The van der Waals surface area contributed by atoms with Crippen molar-refractivity contribution in [1.82, 2.24) is 0 Å². The Labute approximate surface area is 184 Å². The van der Waals surface area contributed by atoms with Crippen LogP contribution in [0.5, 0.6) is 0 Å². The molecule has 0 radical (unpaired) electrons. The van der Waals surface area contributed by atoms with Gasteiger partial charge >= 0.3 is 0 Å². The lowest BCUT2D eigenvalue weighted by Crippen LogP contribution is -2.34. The molecule has 1 aliphatic heterocycles. The summed E-state index contributed by atoms with van der Waals surface area (Å²) in [6.07, 6.45) is 0.544. The molecule has 0 amide bonds. The second-order valence-corrected chi connectivity index (χ2v) is 11.0. The van der Waals surface area contributed by atoms with Gasteiger partial charge in [-0.1, -0.05) is 81.7 Å². The highest BCUT2D eigenvalue weighted by molar-refractivity contribution is 9.10. The fraction of sp³-hybridized carbons (Fsp3) is 0.208. The quantitative estimate of drug-likeness (QED) is 0.505. The second kappa shape index (κ2) is 7.36. The summed E-state index contributed by atoms with van der Waals surface area (Å²) in [5.41, 5.74) is 2.58. The van der Waals surface area contributed by atoms with Gasteiger partial charge in [0, 0.05) is 22.4 Å². The minimum atomic E-state index is -3.65. The van der Waals surface area contributed by atoms with Crippen LogP contribution in [0.1, 0.15) is 24.0 Å². The van der Waals surface area contributed by atoms with E-state index in [0.29, 0.717) is 17.7 Å². The maximum absolute atomic E-state index is 14.0. The van der Waals surface area contributed by atoms with Crippen molar-refractivity contribution in [2.45, 2.75) is 28.6 Å². The van der Waals surface area contributed by atoms with Gasteiger partial charge in [0.05, 0.1) is 10.6 Å². The Morgan fingerprint density at radius 3 is 2.30 bits per heavy atom. The zero-order valence-corrected chi connectivity index (χ0v) is 18.5. The van der Waals surface area contributed by atoms with E-state index in [1.54, 1.807) is 24.3 Å². The van der Waals surface area contributed by atoms with Crippen LogP contribution in [0.3, 0.4) is 0 Å². The molecule has 0 spiro atoms. The van der Waals surface area contributed by atoms with Crippen LogP contribution < -0.4 is 0 Å². The van der Waals surface area contributed by atoms with Gasteiger partial charge in [-0.3, -0.25) is 0 Å². The van der Waals surface area contributed by atoms with Crippen LogP contribution in [0.15, 0.2) is 99.5 Å². The predicted octanol–water partition coefficient (Wildman–Crippen LogP) is 5.33. The average Bonchev–Trinajstić information content (AvgIpc) is 3.34. The number of fused-ring (bicyclic) bond motifs is 1. The van der Waals surface area contributed by atoms with Gasteiger partial charge in [-0.2, -0.15) is 0 Å². The van der Waals surface area contributed by atoms with Gasteiger partial charge < -0.3 is 4.84 Å². The molecule has 4 nitrogen and oxygen atoms in total. The molecule has 30 heavy (non-hydrogen) atoms. The molecule has 0 saturated heterocycles. The van der Waals surface area contributed by atoms with E-state index in [-0.39, 0.29) is 12.0 Å². The molecule has 1 fully saturated rings. The van der Waals surface area contributed by atoms with Gasteiger partial charge in [0.2, 0.25) is 0 Å². The molecule has 2 aliphatic rings. The Bertz CT molecular complexity index is 1210. The fourth-order valence-corrected chi connectivity index (χ4v) is 7.30. The third-order valence-corrected chi connectivity index (χ3v) is 9.14. The number of hydrogen-bond donors (Lipinski definition) is 0. The SMILES string of the molecule is O=S(=O)(c1ccccc1)[C@@]1(c2ccccc2)C[C@@H]2C(c3cccc(Br)c3)=NO[C@@H]2C1. The summed E-state index contributed by atoms with van der Waals surface area (Å²) in [6.45, 7) is 0. The Balaban J connectivity index is 1.62. The summed E-state index contributed by atoms with van der Waals surface area (Å²) in [5.74, 6) is -0.0852. The van der Waals surface area contributed by atoms with E-state index in [2.05, 4.69) is 21.1 Å². The highest BCUT2D eigenvalue weighted by atomic mass is 79.9. The Morgan fingerprint density at radius 2 is 1.60 bits per heavy atom. The highest BCUT2D eigenvalue weighted by Gasteiger charge is 2.59. The molecule has 0 bridgehead atoms. The fourth-order valence-electron chi connectivity index (χ4n) is 4.70. The van der Waals surface area contributed by atoms with Gasteiger partial charge in [0.25, 0.3) is 0 Å². The molecule has 1 saturated carbocycles. The van der Waals surface area contributed by atoms with Crippen molar-refractivity contribution in [3.8, 4) is 0 Å². The van der Waals surface area contributed by atoms with Crippen molar-refractivity contribution in [3.05, 3.63) is 101 Å². The van der Waals surface area contributed by atoms with Crippen LogP contribution in [0.25, 0.3) is 0 Å². The number of halogens is 1. The second-order valence-electron chi connectivity index (χ2n) is 7.82. The summed E-state index contributed by atoms with van der Waals surface area (Å²) in [4.78, 5) is 6.14. The monoisotopic (exact) mass is 481 g/mol. The molecule has 1 heterocycles. The number of rotatable bonds is 4. The Hall–Kier alpha value is -2.44. The predicted molar refractivity (Wildman–Crippen MR) is 120 cm³/mol. The largest absolute Gasteiger partial charge is 0.391 e. The van der Waals surface area contributed by atoms with Crippen LogP contribution in [0, 0.1) is 5.92 Å². The number of hydrogen-bond acceptors (Lipinski definition) is 4. The van der Waals surface area contributed by atoms with Gasteiger partial charge in [-0.15, -0.1) is 0 Å². The Morgan fingerprint density at radius 1 is 0.900 bits per heavy atom. The summed E-state index contributed by atoms with van der Waals surface area (Å²) >= 11 is 3.51. The summed E-state index contributed by atoms with van der Waals surface area (Å²) in [7, 11) is -3.65. The van der Waals surface area contributed by atoms with E-state index in [9.17, 15) is 8.42 Å². The minimum Gasteiger partial charge on any atom is -0.391 e. The molecule has 152 valence electrons. The van der Waals surface area contributed by atoms with Crippen LogP contribution >= 0.6 is 15.9 Å². The van der Waals surface area contributed by atoms with E-state index in [1.807, 2.05) is 60.7 Å². The zero-order valence-electron chi connectivity index (χ0n) is 16.1. The number of benzene rings is 3. The van der Waals surface area contributed by atoms with Crippen LogP contribution in [0.2, 0.25) is 0 Å². The van der Waals surface area contributed by atoms with Crippen LogP contribution in [-0.4, -0.2) is 20.2 Å². The van der Waals surface area contributed by atoms with E-state index < -0.39 is 14.6 Å². The third-order valence-electron chi connectivity index (χ3n) is 6.16. The molecule has 1 aliphatic carbocycles. The lowest BCUT2D eigenvalue weighted by atomic mass is 9.91. The van der Waals surface area contributed by atoms with E-state index in [4.69, 9.17) is 4.84 Å². The Kier molecular flexibility index (Phi) is 4.79. The molecular formula is C24H20BrNO3S. The van der Waals surface area contributed by atoms with Crippen molar-refractivity contribution >= 4 is 31.5 Å². The van der Waals surface area contributed by atoms with Gasteiger partial charge in [0.1, 0.15) is 10.9 Å². The van der Waals surface area contributed by atoms with Crippen molar-refractivity contribution in [2.24, 2.45) is 11.1 Å². The molecule has 6 heteroatoms. The zero-order chi connectivity index (χ0) is 20.8. The standard InChI is InChI=1S/C24H20BrNO3S/c25-19-11-7-8-17(14-19)23-21-15-24(16-22(21)29-26-23,18-9-3-1-4-10-18)30(27,28)20-12-5-2-6-13-20/h1-14,21-22H,15-16H2/t21-,22+,24-/m0/s1. The van der Waals surface area contributed by atoms with Crippen molar-refractivity contribution in [2.75, 3.05) is 0 Å². The molecule has 0 unspecified atom stereocenters. The minimum absolute atomic E-state index is 0.0852. The molecule has 0 N–H and O–H groups in total. The number of sulfone groups is 1. The maximum atomic E-state index is 14.0. The molecule has 3 aromatic rings. The smallest absolute Gasteiger partial charge is 0.188 e.